The van der Waals surface area contributed by atoms with Crippen molar-refractivity contribution in [2.75, 3.05) is 22.1 Å². The van der Waals surface area contributed by atoms with E-state index in [-0.39, 0.29) is 23.5 Å². The van der Waals surface area contributed by atoms with Crippen molar-refractivity contribution in [3.8, 4) is 0 Å². The Hall–Kier alpha value is -1.56. The molecule has 1 saturated heterocycles. The molecular formula is C15H22N2O3S. The van der Waals surface area contributed by atoms with E-state index < -0.39 is 9.84 Å². The first-order valence-electron chi connectivity index (χ1n) is 7.27. The molecule has 21 heavy (non-hydrogen) atoms. The molecule has 0 radical (unpaired) electrons. The van der Waals surface area contributed by atoms with Gasteiger partial charge in [-0.1, -0.05) is 13.0 Å². The zero-order valence-electron chi connectivity index (χ0n) is 12.5. The lowest BCUT2D eigenvalue weighted by Gasteiger charge is -2.25. The Kier molecular flexibility index (Phi) is 4.88. The number of sulfone groups is 1. The quantitative estimate of drug-likeness (QED) is 0.895. The molecule has 1 unspecified atom stereocenters. The molecular weight excluding hydrogens is 288 g/mol. The van der Waals surface area contributed by atoms with Gasteiger partial charge in [-0.3, -0.25) is 4.79 Å². The maximum atomic E-state index is 11.7. The average molecular weight is 310 g/mol. The summed E-state index contributed by atoms with van der Waals surface area (Å²) in [6, 6.07) is 5.57. The predicted octanol–water partition coefficient (Wildman–Crippen LogP) is 2.33. The number of rotatable bonds is 4. The summed E-state index contributed by atoms with van der Waals surface area (Å²) in [4.78, 5) is 11.5. The first-order valence-corrected chi connectivity index (χ1v) is 9.10. The maximum absolute atomic E-state index is 11.7. The molecule has 1 aromatic carbocycles. The third-order valence-electron chi connectivity index (χ3n) is 3.75. The van der Waals surface area contributed by atoms with Crippen molar-refractivity contribution in [3.63, 3.8) is 0 Å². The number of carbonyl (C=O) groups excluding carboxylic acids is 1. The van der Waals surface area contributed by atoms with Gasteiger partial charge in [0.1, 0.15) is 0 Å². The molecule has 6 heteroatoms. The third-order valence-corrected chi connectivity index (χ3v) is 5.57. The zero-order chi connectivity index (χ0) is 15.5. The molecule has 1 aromatic rings. The van der Waals surface area contributed by atoms with Gasteiger partial charge in [-0.15, -0.1) is 0 Å². The lowest BCUT2D eigenvalue weighted by atomic mass is 10.1. The fourth-order valence-electron chi connectivity index (χ4n) is 2.52. The van der Waals surface area contributed by atoms with E-state index in [9.17, 15) is 13.2 Å². The maximum Gasteiger partial charge on any atom is 0.224 e. The van der Waals surface area contributed by atoms with E-state index in [1.54, 1.807) is 6.92 Å². The molecule has 1 aliphatic heterocycles. The molecule has 116 valence electrons. The first kappa shape index (κ1) is 15.8. The van der Waals surface area contributed by atoms with Gasteiger partial charge in [0, 0.05) is 23.8 Å². The highest BCUT2D eigenvalue weighted by molar-refractivity contribution is 7.91. The van der Waals surface area contributed by atoms with Crippen LogP contribution in [0.5, 0.6) is 0 Å². The van der Waals surface area contributed by atoms with Gasteiger partial charge in [0.15, 0.2) is 9.84 Å². The van der Waals surface area contributed by atoms with Crippen LogP contribution >= 0.6 is 0 Å². The van der Waals surface area contributed by atoms with Crippen molar-refractivity contribution >= 4 is 27.1 Å². The molecule has 0 bridgehead atoms. The largest absolute Gasteiger partial charge is 0.381 e. The average Bonchev–Trinajstić information content (AvgIpc) is 2.42. The lowest BCUT2D eigenvalue weighted by molar-refractivity contribution is -0.115. The van der Waals surface area contributed by atoms with Crippen LogP contribution in [0.25, 0.3) is 0 Å². The third kappa shape index (κ3) is 4.20. The Morgan fingerprint density at radius 3 is 2.71 bits per heavy atom. The molecule has 0 saturated carbocycles. The fraction of sp³-hybridized carbons (Fsp3) is 0.533. The summed E-state index contributed by atoms with van der Waals surface area (Å²) in [6.45, 7) is 3.73. The summed E-state index contributed by atoms with van der Waals surface area (Å²) in [7, 11) is -2.93. The van der Waals surface area contributed by atoms with Gasteiger partial charge in [-0.2, -0.15) is 0 Å². The van der Waals surface area contributed by atoms with Crippen LogP contribution in [0.1, 0.15) is 31.7 Å². The lowest BCUT2D eigenvalue weighted by Crippen LogP contribution is -2.35. The number of benzene rings is 1. The van der Waals surface area contributed by atoms with Crippen molar-refractivity contribution in [3.05, 3.63) is 23.8 Å². The van der Waals surface area contributed by atoms with E-state index in [4.69, 9.17) is 0 Å². The molecule has 1 fully saturated rings. The highest BCUT2D eigenvalue weighted by Crippen LogP contribution is 2.26. The van der Waals surface area contributed by atoms with Crippen LogP contribution in [0, 0.1) is 6.92 Å². The second kappa shape index (κ2) is 6.47. The van der Waals surface area contributed by atoms with E-state index in [0.717, 1.165) is 23.4 Å². The predicted molar refractivity (Wildman–Crippen MR) is 85.4 cm³/mol. The van der Waals surface area contributed by atoms with Gasteiger partial charge in [0.25, 0.3) is 0 Å². The molecule has 1 atom stereocenters. The Labute approximate surface area is 126 Å². The minimum atomic E-state index is -2.93. The number of hydrogen-bond acceptors (Lipinski definition) is 4. The van der Waals surface area contributed by atoms with Gasteiger partial charge in [0.05, 0.1) is 11.5 Å². The van der Waals surface area contributed by atoms with Crippen LogP contribution in [0.2, 0.25) is 0 Å². The Morgan fingerprint density at radius 1 is 1.33 bits per heavy atom. The highest BCUT2D eigenvalue weighted by atomic mass is 32.2. The summed E-state index contributed by atoms with van der Waals surface area (Å²) in [6.07, 6.45) is 1.98. The van der Waals surface area contributed by atoms with E-state index in [2.05, 4.69) is 10.6 Å². The number of carbonyl (C=O) groups is 1. The number of nitrogens with one attached hydrogen (secondary N) is 2. The summed E-state index contributed by atoms with van der Waals surface area (Å²) >= 11 is 0. The van der Waals surface area contributed by atoms with E-state index in [1.165, 1.54) is 0 Å². The second-order valence-corrected chi connectivity index (χ2v) is 7.71. The Morgan fingerprint density at radius 2 is 2.05 bits per heavy atom. The minimum absolute atomic E-state index is 0.0319. The Balaban J connectivity index is 2.13. The van der Waals surface area contributed by atoms with Crippen LogP contribution < -0.4 is 10.6 Å². The number of anilines is 2. The first-order chi connectivity index (χ1) is 9.91. The second-order valence-electron chi connectivity index (χ2n) is 5.48. The molecule has 0 aliphatic carbocycles. The SMILES string of the molecule is CCC(=O)Nc1cccc(NC2CCCS(=O)(=O)C2)c1C. The van der Waals surface area contributed by atoms with Crippen molar-refractivity contribution in [1.29, 1.82) is 0 Å². The Bertz CT molecular complexity index is 626. The van der Waals surface area contributed by atoms with Gasteiger partial charge in [0.2, 0.25) is 5.91 Å². The summed E-state index contributed by atoms with van der Waals surface area (Å²) in [5.41, 5.74) is 2.58. The normalized spacial score (nSPS) is 20.8. The van der Waals surface area contributed by atoms with E-state index in [0.29, 0.717) is 12.8 Å². The molecule has 0 aromatic heterocycles. The van der Waals surface area contributed by atoms with Gasteiger partial charge in [-0.25, -0.2) is 8.42 Å². The molecule has 5 nitrogen and oxygen atoms in total. The monoisotopic (exact) mass is 310 g/mol. The molecule has 1 heterocycles. The van der Waals surface area contributed by atoms with Crippen LogP contribution in [0.4, 0.5) is 11.4 Å². The van der Waals surface area contributed by atoms with Crippen molar-refractivity contribution in [2.24, 2.45) is 0 Å². The summed E-state index contributed by atoms with van der Waals surface area (Å²) < 4.78 is 23.4. The standard InChI is InChI=1S/C15H22N2O3S/c1-3-15(18)17-14-8-4-7-13(11(14)2)16-12-6-5-9-21(19,20)10-12/h4,7-8,12,16H,3,5-6,9-10H2,1-2H3,(H,17,18). The number of amides is 1. The van der Waals surface area contributed by atoms with E-state index in [1.807, 2.05) is 25.1 Å². The summed E-state index contributed by atoms with van der Waals surface area (Å²) in [5, 5.41) is 6.16. The van der Waals surface area contributed by atoms with Crippen LogP contribution in [-0.4, -0.2) is 31.9 Å². The number of hydrogen-bond donors (Lipinski definition) is 2. The van der Waals surface area contributed by atoms with E-state index >= 15 is 0 Å². The molecule has 0 spiro atoms. The van der Waals surface area contributed by atoms with Crippen LogP contribution in [0.3, 0.4) is 0 Å². The van der Waals surface area contributed by atoms with Gasteiger partial charge < -0.3 is 10.6 Å². The topological polar surface area (TPSA) is 75.3 Å². The summed E-state index contributed by atoms with van der Waals surface area (Å²) in [5.74, 6) is 0.435. The molecule has 1 aliphatic rings. The molecule has 2 N–H and O–H groups in total. The minimum Gasteiger partial charge on any atom is -0.381 e. The zero-order valence-corrected chi connectivity index (χ0v) is 13.3. The van der Waals surface area contributed by atoms with Crippen LogP contribution in [0.15, 0.2) is 18.2 Å². The van der Waals surface area contributed by atoms with Gasteiger partial charge in [-0.05, 0) is 37.5 Å². The smallest absolute Gasteiger partial charge is 0.224 e. The van der Waals surface area contributed by atoms with Gasteiger partial charge >= 0.3 is 0 Å². The highest BCUT2D eigenvalue weighted by Gasteiger charge is 2.25. The molecule has 1 amide bonds. The van der Waals surface area contributed by atoms with Crippen molar-refractivity contribution in [1.82, 2.24) is 0 Å². The van der Waals surface area contributed by atoms with Crippen molar-refractivity contribution < 1.29 is 13.2 Å². The molecule has 2 rings (SSSR count). The van der Waals surface area contributed by atoms with Crippen LogP contribution in [-0.2, 0) is 14.6 Å². The van der Waals surface area contributed by atoms with Crippen molar-refractivity contribution in [2.45, 2.75) is 39.2 Å². The fourth-order valence-corrected chi connectivity index (χ4v) is 4.16.